The molecular weight excluding hydrogens is 410 g/mol. The van der Waals surface area contributed by atoms with Gasteiger partial charge in [0.15, 0.2) is 5.11 Å². The van der Waals surface area contributed by atoms with E-state index in [0.717, 1.165) is 30.6 Å². The number of nitro benzene ring substituents is 1. The van der Waals surface area contributed by atoms with Gasteiger partial charge in [-0.25, -0.2) is 0 Å². The van der Waals surface area contributed by atoms with Crippen molar-refractivity contribution in [2.45, 2.75) is 42.2 Å². The number of thioether (sulfide) groups is 1. The van der Waals surface area contributed by atoms with Crippen LogP contribution in [0.1, 0.15) is 37.7 Å². The third kappa shape index (κ3) is 4.91. The lowest BCUT2D eigenvalue weighted by molar-refractivity contribution is -0.384. The highest BCUT2D eigenvalue weighted by atomic mass is 32.2. The van der Waals surface area contributed by atoms with Crippen LogP contribution in [0.3, 0.4) is 0 Å². The van der Waals surface area contributed by atoms with Gasteiger partial charge in [0.25, 0.3) is 17.5 Å². The quantitative estimate of drug-likeness (QED) is 0.184. The Kier molecular flexibility index (Phi) is 6.81. The molecule has 1 aromatic rings. The molecule has 3 rings (SSSR count). The van der Waals surface area contributed by atoms with Crippen LogP contribution < -0.4 is 5.32 Å². The molecule has 0 atom stereocenters. The fraction of sp³-hybridized carbons (Fsp3) is 0.350. The summed E-state index contributed by atoms with van der Waals surface area (Å²) < 4.78 is 0. The zero-order valence-electron chi connectivity index (χ0n) is 15.8. The van der Waals surface area contributed by atoms with Crippen LogP contribution in [0.2, 0.25) is 0 Å². The van der Waals surface area contributed by atoms with Gasteiger partial charge in [-0.3, -0.25) is 29.9 Å². The lowest BCUT2D eigenvalue weighted by Gasteiger charge is -2.28. The maximum absolute atomic E-state index is 12.8. The van der Waals surface area contributed by atoms with E-state index in [4.69, 9.17) is 12.2 Å². The van der Waals surface area contributed by atoms with Gasteiger partial charge in [0.2, 0.25) is 0 Å². The predicted molar refractivity (Wildman–Crippen MR) is 116 cm³/mol. The molecule has 2 fully saturated rings. The highest BCUT2D eigenvalue weighted by Gasteiger charge is 2.33. The summed E-state index contributed by atoms with van der Waals surface area (Å²) in [6.45, 7) is 3.76. The second kappa shape index (κ2) is 9.32. The van der Waals surface area contributed by atoms with Crippen molar-refractivity contribution in [3.8, 4) is 0 Å². The van der Waals surface area contributed by atoms with Crippen LogP contribution in [0.5, 0.6) is 0 Å². The third-order valence-electron chi connectivity index (χ3n) is 4.85. The fourth-order valence-electron chi connectivity index (χ4n) is 3.38. The monoisotopic (exact) mass is 431 g/mol. The SMILES string of the molecule is C=CCN1C(=O)C(=Cc2cc([N+](=O)[O-])ccc2SC2CCCCC2)C(=O)NC1=S. The first-order valence-electron chi connectivity index (χ1n) is 9.35. The summed E-state index contributed by atoms with van der Waals surface area (Å²) in [5.74, 6) is -1.15. The highest BCUT2D eigenvalue weighted by Crippen LogP contribution is 2.37. The molecule has 2 aliphatic rings. The van der Waals surface area contributed by atoms with Gasteiger partial charge in [-0.15, -0.1) is 18.3 Å². The molecule has 1 saturated heterocycles. The van der Waals surface area contributed by atoms with Gasteiger partial charge >= 0.3 is 0 Å². The average Bonchev–Trinajstić information content (AvgIpc) is 2.70. The lowest BCUT2D eigenvalue weighted by Crippen LogP contribution is -2.53. The Bertz CT molecular complexity index is 907. The number of benzene rings is 1. The topological polar surface area (TPSA) is 92.6 Å². The van der Waals surface area contributed by atoms with E-state index in [0.29, 0.717) is 10.8 Å². The van der Waals surface area contributed by atoms with Gasteiger partial charge in [0.05, 0.1) is 4.92 Å². The molecule has 152 valence electrons. The molecule has 7 nitrogen and oxygen atoms in total. The van der Waals surface area contributed by atoms with Crippen molar-refractivity contribution >= 4 is 52.7 Å². The number of nitro groups is 1. The summed E-state index contributed by atoms with van der Waals surface area (Å²) in [5, 5.41) is 14.2. The molecule has 1 heterocycles. The van der Waals surface area contributed by atoms with E-state index >= 15 is 0 Å². The van der Waals surface area contributed by atoms with E-state index in [9.17, 15) is 19.7 Å². The average molecular weight is 432 g/mol. The number of hydrogen-bond acceptors (Lipinski definition) is 6. The first-order valence-corrected chi connectivity index (χ1v) is 10.6. The van der Waals surface area contributed by atoms with Crippen molar-refractivity contribution < 1.29 is 14.5 Å². The van der Waals surface area contributed by atoms with E-state index in [2.05, 4.69) is 11.9 Å². The molecule has 0 radical (unpaired) electrons. The van der Waals surface area contributed by atoms with Crippen molar-refractivity contribution in [1.29, 1.82) is 0 Å². The van der Waals surface area contributed by atoms with E-state index in [-0.39, 0.29) is 22.9 Å². The maximum atomic E-state index is 12.8. The Morgan fingerprint density at radius 3 is 2.69 bits per heavy atom. The summed E-state index contributed by atoms with van der Waals surface area (Å²) in [4.78, 5) is 38.0. The molecule has 0 aromatic heterocycles. The summed E-state index contributed by atoms with van der Waals surface area (Å²) in [6.07, 6.45) is 8.65. The first-order chi connectivity index (χ1) is 13.9. The summed E-state index contributed by atoms with van der Waals surface area (Å²) in [7, 11) is 0. The Morgan fingerprint density at radius 2 is 2.03 bits per heavy atom. The minimum atomic E-state index is -0.611. The zero-order valence-corrected chi connectivity index (χ0v) is 17.4. The van der Waals surface area contributed by atoms with Crippen LogP contribution >= 0.6 is 24.0 Å². The Morgan fingerprint density at radius 1 is 1.31 bits per heavy atom. The fourth-order valence-corrected chi connectivity index (χ4v) is 4.96. The molecule has 1 saturated carbocycles. The molecule has 0 bridgehead atoms. The molecule has 1 aliphatic heterocycles. The Hall–Kier alpha value is -2.52. The summed E-state index contributed by atoms with van der Waals surface area (Å²) in [5.41, 5.74) is 0.290. The van der Waals surface area contributed by atoms with Gasteiger partial charge < -0.3 is 0 Å². The molecular formula is C20H21N3O4S2. The van der Waals surface area contributed by atoms with E-state index < -0.39 is 16.7 Å². The number of amides is 2. The van der Waals surface area contributed by atoms with Gasteiger partial charge in [0.1, 0.15) is 5.57 Å². The standard InChI is InChI=1S/C20H21N3O4S2/c1-2-10-22-19(25)16(18(24)21-20(22)28)12-13-11-14(23(26)27)8-9-17(13)29-15-6-4-3-5-7-15/h2,8-9,11-12,15H,1,3-7,10H2,(H,21,24,28). The van der Waals surface area contributed by atoms with Crippen LogP contribution in [0, 0.1) is 10.1 Å². The lowest BCUT2D eigenvalue weighted by atomic mass is 10.0. The molecule has 0 spiro atoms. The normalized spacial score (nSPS) is 19.4. The van der Waals surface area contributed by atoms with Crippen molar-refractivity contribution in [3.63, 3.8) is 0 Å². The molecule has 29 heavy (non-hydrogen) atoms. The van der Waals surface area contributed by atoms with Crippen molar-refractivity contribution in [2.75, 3.05) is 6.54 Å². The van der Waals surface area contributed by atoms with Gasteiger partial charge in [-0.05, 0) is 42.8 Å². The number of carbonyl (C=O) groups excluding carboxylic acids is 2. The Balaban J connectivity index is 1.99. The second-order valence-corrected chi connectivity index (χ2v) is 8.61. The molecule has 1 aliphatic carbocycles. The smallest absolute Gasteiger partial charge is 0.270 e. The van der Waals surface area contributed by atoms with Crippen LogP contribution in [0.15, 0.2) is 41.3 Å². The van der Waals surface area contributed by atoms with Crippen molar-refractivity contribution in [3.05, 3.63) is 52.1 Å². The minimum absolute atomic E-state index is 0.0212. The van der Waals surface area contributed by atoms with E-state index in [1.165, 1.54) is 35.6 Å². The molecule has 0 unspecified atom stereocenters. The number of rotatable bonds is 6. The van der Waals surface area contributed by atoms with Gasteiger partial charge in [-0.1, -0.05) is 25.3 Å². The molecule has 1 aromatic carbocycles. The third-order valence-corrected chi connectivity index (χ3v) is 6.60. The molecule has 1 N–H and O–H groups in total. The van der Waals surface area contributed by atoms with Crippen LogP contribution in [-0.4, -0.2) is 38.5 Å². The molecule has 2 amide bonds. The predicted octanol–water partition coefficient (Wildman–Crippen LogP) is 3.83. The van der Waals surface area contributed by atoms with Crippen LogP contribution in [0.4, 0.5) is 5.69 Å². The van der Waals surface area contributed by atoms with Gasteiger partial charge in [0, 0.05) is 28.8 Å². The number of carbonyl (C=O) groups is 2. The van der Waals surface area contributed by atoms with Crippen LogP contribution in [0.25, 0.3) is 6.08 Å². The number of nitrogens with one attached hydrogen (secondary N) is 1. The minimum Gasteiger partial charge on any atom is -0.298 e. The largest absolute Gasteiger partial charge is 0.298 e. The van der Waals surface area contributed by atoms with E-state index in [1.807, 2.05) is 0 Å². The van der Waals surface area contributed by atoms with Gasteiger partial charge in [-0.2, -0.15) is 0 Å². The van der Waals surface area contributed by atoms with E-state index in [1.54, 1.807) is 17.8 Å². The maximum Gasteiger partial charge on any atom is 0.270 e. The van der Waals surface area contributed by atoms with Crippen molar-refractivity contribution in [1.82, 2.24) is 10.2 Å². The number of non-ortho nitro benzene ring substituents is 1. The highest BCUT2D eigenvalue weighted by molar-refractivity contribution is 8.00. The first kappa shape index (κ1) is 21.2. The second-order valence-electron chi connectivity index (χ2n) is 6.88. The van der Waals surface area contributed by atoms with Crippen LogP contribution in [-0.2, 0) is 9.59 Å². The van der Waals surface area contributed by atoms with Crippen molar-refractivity contribution in [2.24, 2.45) is 0 Å². The summed E-state index contributed by atoms with van der Waals surface area (Å²) in [6, 6.07) is 4.56. The number of nitrogens with zero attached hydrogens (tertiary/aromatic N) is 2. The number of thiocarbonyl (C=S) groups is 1. The Labute approximate surface area is 178 Å². The number of hydrogen-bond donors (Lipinski definition) is 1. The zero-order chi connectivity index (χ0) is 21.0. The molecule has 9 heteroatoms. The summed E-state index contributed by atoms with van der Waals surface area (Å²) >= 11 is 6.71.